The third-order valence-corrected chi connectivity index (χ3v) is 1.56. The van der Waals surface area contributed by atoms with Gasteiger partial charge in [0.05, 0.1) is 6.54 Å². The largest absolute Gasteiger partial charge is 0.507 e. The van der Waals surface area contributed by atoms with Gasteiger partial charge in [0.1, 0.15) is 11.3 Å². The highest BCUT2D eigenvalue weighted by molar-refractivity contribution is 5.91. The van der Waals surface area contributed by atoms with Crippen molar-refractivity contribution in [3.8, 4) is 17.6 Å². The third-order valence-electron chi connectivity index (χ3n) is 1.56. The Morgan fingerprint density at radius 3 is 2.79 bits per heavy atom. The van der Waals surface area contributed by atoms with Gasteiger partial charge in [0.15, 0.2) is 0 Å². The predicted octanol–water partition coefficient (Wildman–Crippen LogP) is 0.401. The first-order valence-electron chi connectivity index (χ1n) is 3.90. The second-order valence-corrected chi connectivity index (χ2v) is 2.54. The summed E-state index contributed by atoms with van der Waals surface area (Å²) in [7, 11) is 0. The molecule has 0 bridgehead atoms. The van der Waals surface area contributed by atoms with Crippen molar-refractivity contribution < 1.29 is 15.0 Å². The van der Waals surface area contributed by atoms with E-state index >= 15 is 0 Å². The highest BCUT2D eigenvalue weighted by Crippen LogP contribution is 2.17. The van der Waals surface area contributed by atoms with E-state index in [0.717, 1.165) is 0 Å². The summed E-state index contributed by atoms with van der Waals surface area (Å²) in [4.78, 5) is 10.6. The highest BCUT2D eigenvalue weighted by Gasteiger charge is 2.08. The Morgan fingerprint density at radius 2 is 2.21 bits per heavy atom. The number of carbonyl (C=O) groups is 1. The molecule has 0 unspecified atom stereocenters. The molecule has 1 rings (SSSR count). The zero-order valence-corrected chi connectivity index (χ0v) is 7.32. The number of phenols is 1. The summed E-state index contributed by atoms with van der Waals surface area (Å²) in [6, 6.07) is 4.13. The third kappa shape index (κ3) is 2.25. The van der Waals surface area contributed by atoms with Crippen LogP contribution in [0.15, 0.2) is 18.2 Å². The van der Waals surface area contributed by atoms with Gasteiger partial charge in [0.25, 0.3) is 0 Å². The van der Waals surface area contributed by atoms with Gasteiger partial charge in [-0.1, -0.05) is 11.8 Å². The van der Waals surface area contributed by atoms with Crippen molar-refractivity contribution in [1.29, 1.82) is 0 Å². The normalized spacial score (nSPS) is 8.93. The van der Waals surface area contributed by atoms with Crippen molar-refractivity contribution in [3.63, 3.8) is 0 Å². The van der Waals surface area contributed by atoms with Crippen LogP contribution in [0.4, 0.5) is 0 Å². The first kappa shape index (κ1) is 10.1. The monoisotopic (exact) mass is 191 g/mol. The molecule has 0 amide bonds. The number of hydrogen-bond donors (Lipinski definition) is 3. The van der Waals surface area contributed by atoms with E-state index in [1.54, 1.807) is 0 Å². The summed E-state index contributed by atoms with van der Waals surface area (Å²) in [5, 5.41) is 17.9. The van der Waals surface area contributed by atoms with E-state index in [-0.39, 0.29) is 17.9 Å². The summed E-state index contributed by atoms with van der Waals surface area (Å²) in [6.45, 7) is 0.212. The van der Waals surface area contributed by atoms with Gasteiger partial charge >= 0.3 is 5.97 Å². The van der Waals surface area contributed by atoms with E-state index in [1.165, 1.54) is 18.2 Å². The Kier molecular flexibility index (Phi) is 3.10. The molecule has 0 atom stereocenters. The predicted molar refractivity (Wildman–Crippen MR) is 51.0 cm³/mol. The first-order valence-corrected chi connectivity index (χ1v) is 3.90. The lowest BCUT2D eigenvalue weighted by molar-refractivity contribution is 0.0693. The molecule has 4 nitrogen and oxygen atoms in total. The number of rotatable bonds is 1. The fraction of sp³-hybridized carbons (Fsp3) is 0.100. The van der Waals surface area contributed by atoms with Gasteiger partial charge in [-0.05, 0) is 18.2 Å². The van der Waals surface area contributed by atoms with Gasteiger partial charge in [0, 0.05) is 5.56 Å². The number of aromatic hydroxyl groups is 1. The summed E-state index contributed by atoms with van der Waals surface area (Å²) >= 11 is 0. The molecule has 0 aliphatic rings. The Bertz CT molecular complexity index is 415. The molecule has 0 aliphatic heterocycles. The molecule has 1 aromatic rings. The lowest BCUT2D eigenvalue weighted by Gasteiger charge is -1.98. The minimum absolute atomic E-state index is 0.158. The van der Waals surface area contributed by atoms with Crippen LogP contribution in [0.3, 0.4) is 0 Å². The molecule has 72 valence electrons. The minimum atomic E-state index is -1.18. The standard InChI is InChI=1S/C10H9NO3/c11-5-1-2-7-3-4-9(12)8(6-7)10(13)14/h3-4,6,12H,5,11H2,(H,13,14). The highest BCUT2D eigenvalue weighted by atomic mass is 16.4. The molecule has 0 saturated heterocycles. The van der Waals surface area contributed by atoms with Gasteiger partial charge in [-0.2, -0.15) is 0 Å². The molecule has 0 radical (unpaired) electrons. The first-order chi connectivity index (χ1) is 6.65. The van der Waals surface area contributed by atoms with E-state index in [1.807, 2.05) is 0 Å². The zero-order chi connectivity index (χ0) is 10.6. The van der Waals surface area contributed by atoms with Gasteiger partial charge in [-0.15, -0.1) is 0 Å². The van der Waals surface area contributed by atoms with Crippen LogP contribution in [-0.4, -0.2) is 22.7 Å². The van der Waals surface area contributed by atoms with Crippen LogP contribution in [0, 0.1) is 11.8 Å². The fourth-order valence-electron chi connectivity index (χ4n) is 0.938. The van der Waals surface area contributed by atoms with Crippen molar-refractivity contribution in [2.75, 3.05) is 6.54 Å². The van der Waals surface area contributed by atoms with Gasteiger partial charge in [-0.25, -0.2) is 4.79 Å². The van der Waals surface area contributed by atoms with E-state index < -0.39 is 5.97 Å². The smallest absolute Gasteiger partial charge is 0.339 e. The molecule has 0 aromatic heterocycles. The number of hydrogen-bond acceptors (Lipinski definition) is 3. The SMILES string of the molecule is NCC#Cc1ccc(O)c(C(=O)O)c1. The summed E-state index contributed by atoms with van der Waals surface area (Å²) < 4.78 is 0. The number of aromatic carboxylic acids is 1. The fourth-order valence-corrected chi connectivity index (χ4v) is 0.938. The van der Waals surface area contributed by atoms with Crippen LogP contribution in [0.1, 0.15) is 15.9 Å². The molecular formula is C10H9NO3. The van der Waals surface area contributed by atoms with Crippen molar-refractivity contribution in [1.82, 2.24) is 0 Å². The van der Waals surface area contributed by atoms with Crippen molar-refractivity contribution in [2.24, 2.45) is 5.73 Å². The average Bonchev–Trinajstić information content (AvgIpc) is 2.16. The zero-order valence-electron chi connectivity index (χ0n) is 7.32. The Morgan fingerprint density at radius 1 is 1.50 bits per heavy atom. The summed E-state index contributed by atoms with van der Waals surface area (Å²) in [5.74, 6) is 3.82. The minimum Gasteiger partial charge on any atom is -0.507 e. The van der Waals surface area contributed by atoms with E-state index in [4.69, 9.17) is 10.8 Å². The maximum absolute atomic E-state index is 10.6. The molecule has 0 aliphatic carbocycles. The molecule has 4 N–H and O–H groups in total. The Balaban J connectivity index is 3.13. The second kappa shape index (κ2) is 4.30. The maximum atomic E-state index is 10.6. The quantitative estimate of drug-likeness (QED) is 0.561. The molecule has 1 aromatic carbocycles. The molecule has 0 saturated carbocycles. The van der Waals surface area contributed by atoms with Crippen molar-refractivity contribution >= 4 is 5.97 Å². The van der Waals surface area contributed by atoms with Crippen molar-refractivity contribution in [2.45, 2.75) is 0 Å². The van der Waals surface area contributed by atoms with Crippen LogP contribution >= 0.6 is 0 Å². The molecular weight excluding hydrogens is 182 g/mol. The molecule has 4 heteroatoms. The van der Waals surface area contributed by atoms with Gasteiger partial charge < -0.3 is 15.9 Å². The summed E-state index contributed by atoms with van der Waals surface area (Å²) in [5.41, 5.74) is 5.53. The Hall–Kier alpha value is -1.99. The molecule has 0 spiro atoms. The van der Waals surface area contributed by atoms with E-state index in [0.29, 0.717) is 5.56 Å². The lowest BCUT2D eigenvalue weighted by Crippen LogP contribution is -1.97. The summed E-state index contributed by atoms with van der Waals surface area (Å²) in [6.07, 6.45) is 0. The average molecular weight is 191 g/mol. The van der Waals surface area contributed by atoms with E-state index in [2.05, 4.69) is 11.8 Å². The second-order valence-electron chi connectivity index (χ2n) is 2.54. The van der Waals surface area contributed by atoms with Crippen LogP contribution < -0.4 is 5.73 Å². The van der Waals surface area contributed by atoms with Gasteiger partial charge in [-0.3, -0.25) is 0 Å². The number of benzene rings is 1. The number of carboxylic acid groups (broad SMARTS) is 1. The molecule has 0 heterocycles. The topological polar surface area (TPSA) is 83.5 Å². The number of carboxylic acids is 1. The van der Waals surface area contributed by atoms with Crippen LogP contribution in [0.2, 0.25) is 0 Å². The number of nitrogens with two attached hydrogens (primary N) is 1. The molecule has 14 heavy (non-hydrogen) atoms. The Labute approximate surface area is 81.0 Å². The van der Waals surface area contributed by atoms with Crippen LogP contribution in [0.25, 0.3) is 0 Å². The van der Waals surface area contributed by atoms with Gasteiger partial charge in [0.2, 0.25) is 0 Å². The van der Waals surface area contributed by atoms with Crippen LogP contribution in [0.5, 0.6) is 5.75 Å². The molecule has 0 fully saturated rings. The maximum Gasteiger partial charge on any atom is 0.339 e. The van der Waals surface area contributed by atoms with Crippen LogP contribution in [-0.2, 0) is 0 Å². The lowest BCUT2D eigenvalue weighted by atomic mass is 10.1. The van der Waals surface area contributed by atoms with E-state index in [9.17, 15) is 9.90 Å². The van der Waals surface area contributed by atoms with Crippen molar-refractivity contribution in [3.05, 3.63) is 29.3 Å².